The molecule has 2 fully saturated rings. The van der Waals surface area contributed by atoms with Gasteiger partial charge in [0.1, 0.15) is 11.8 Å². The third-order valence-corrected chi connectivity index (χ3v) is 6.95. The van der Waals surface area contributed by atoms with Crippen LogP contribution in [0.15, 0.2) is 54.6 Å². The molecular weight excluding hydrogens is 442 g/mol. The van der Waals surface area contributed by atoms with Gasteiger partial charge < -0.3 is 24.6 Å². The van der Waals surface area contributed by atoms with Crippen LogP contribution in [0.4, 0.5) is 5.69 Å². The summed E-state index contributed by atoms with van der Waals surface area (Å²) >= 11 is 0. The van der Waals surface area contributed by atoms with Crippen LogP contribution in [0.3, 0.4) is 0 Å². The molecule has 1 atom stereocenters. The van der Waals surface area contributed by atoms with E-state index in [9.17, 15) is 9.59 Å². The Balaban J connectivity index is 1.44. The van der Waals surface area contributed by atoms with E-state index in [4.69, 9.17) is 9.47 Å². The molecule has 1 N–H and O–H groups in total. The highest BCUT2D eigenvalue weighted by Gasteiger charge is 2.35. The van der Waals surface area contributed by atoms with Crippen molar-refractivity contribution in [2.24, 2.45) is 5.92 Å². The number of benzene rings is 2. The molecule has 35 heavy (non-hydrogen) atoms. The lowest BCUT2D eigenvalue weighted by Gasteiger charge is -2.42. The van der Waals surface area contributed by atoms with Crippen molar-refractivity contribution in [3.05, 3.63) is 60.2 Å². The van der Waals surface area contributed by atoms with Crippen LogP contribution >= 0.6 is 0 Å². The highest BCUT2D eigenvalue weighted by atomic mass is 16.6. The number of nitrogens with zero attached hydrogens (tertiary/aromatic N) is 2. The Morgan fingerprint density at radius 2 is 1.77 bits per heavy atom. The molecule has 2 aliphatic heterocycles. The summed E-state index contributed by atoms with van der Waals surface area (Å²) in [5.41, 5.74) is 2.14. The Labute approximate surface area is 208 Å². The number of piperazine rings is 1. The maximum atomic E-state index is 13.7. The zero-order chi connectivity index (χ0) is 24.5. The molecule has 2 aromatic rings. The first-order valence-corrected chi connectivity index (χ1v) is 12.8. The standard InChI is InChI=1S/C28H37N3O4/c1-2-34-27(32)21-35-25-10-8-24(9-11-25)31-19-18-30(17-14-22-12-15-29-16-13-22)28(33)26(31)20-23-6-4-3-5-7-23/h3-11,22,26,29H,2,12-21H2,1H3. The number of piperidine rings is 1. The molecule has 7 heteroatoms. The van der Waals surface area contributed by atoms with E-state index in [2.05, 4.69) is 27.2 Å². The zero-order valence-electron chi connectivity index (χ0n) is 20.7. The van der Waals surface area contributed by atoms with Crippen LogP contribution in [0.2, 0.25) is 0 Å². The normalized spacial score (nSPS) is 19.0. The van der Waals surface area contributed by atoms with E-state index in [1.807, 2.05) is 42.5 Å². The van der Waals surface area contributed by atoms with Crippen LogP contribution in [0.25, 0.3) is 0 Å². The minimum absolute atomic E-state index is 0.113. The molecular formula is C28H37N3O4. The largest absolute Gasteiger partial charge is 0.482 e. The van der Waals surface area contributed by atoms with Gasteiger partial charge in [-0.3, -0.25) is 4.79 Å². The second kappa shape index (κ2) is 12.6. The number of amides is 1. The maximum absolute atomic E-state index is 13.7. The number of hydrogen-bond acceptors (Lipinski definition) is 6. The van der Waals surface area contributed by atoms with Crippen molar-refractivity contribution in [3.8, 4) is 5.75 Å². The average molecular weight is 480 g/mol. The van der Waals surface area contributed by atoms with Crippen LogP contribution in [0.1, 0.15) is 31.7 Å². The Hall–Kier alpha value is -3.06. The molecule has 2 aromatic carbocycles. The average Bonchev–Trinajstić information content (AvgIpc) is 2.90. The van der Waals surface area contributed by atoms with Crippen molar-refractivity contribution in [3.63, 3.8) is 0 Å². The van der Waals surface area contributed by atoms with Crippen molar-refractivity contribution in [2.45, 2.75) is 38.6 Å². The lowest BCUT2D eigenvalue weighted by Crippen LogP contribution is -2.58. The molecule has 2 heterocycles. The van der Waals surface area contributed by atoms with Crippen molar-refractivity contribution in [1.29, 1.82) is 0 Å². The summed E-state index contributed by atoms with van der Waals surface area (Å²) in [7, 11) is 0. The molecule has 2 saturated heterocycles. The summed E-state index contributed by atoms with van der Waals surface area (Å²) in [5, 5.41) is 3.42. The molecule has 0 aromatic heterocycles. The van der Waals surface area contributed by atoms with Crippen LogP contribution in [0.5, 0.6) is 5.75 Å². The topological polar surface area (TPSA) is 71.1 Å². The van der Waals surface area contributed by atoms with Crippen LogP contribution in [-0.4, -0.2) is 68.8 Å². The fourth-order valence-electron chi connectivity index (χ4n) is 4.99. The SMILES string of the molecule is CCOC(=O)COc1ccc(N2CCN(CCC3CCNCC3)C(=O)C2Cc2ccccc2)cc1. The third-order valence-electron chi connectivity index (χ3n) is 6.95. The number of hydrogen-bond donors (Lipinski definition) is 1. The van der Waals surface area contributed by atoms with Gasteiger partial charge in [0.05, 0.1) is 6.61 Å². The Morgan fingerprint density at radius 1 is 1.03 bits per heavy atom. The lowest BCUT2D eigenvalue weighted by molar-refractivity contribution is -0.145. The van der Waals surface area contributed by atoms with Gasteiger partial charge in [0, 0.05) is 31.7 Å². The van der Waals surface area contributed by atoms with Gasteiger partial charge >= 0.3 is 5.97 Å². The lowest BCUT2D eigenvalue weighted by atomic mass is 9.94. The fourth-order valence-corrected chi connectivity index (χ4v) is 4.99. The Morgan fingerprint density at radius 3 is 2.49 bits per heavy atom. The first kappa shape index (κ1) is 25.0. The number of carbonyl (C=O) groups is 2. The first-order valence-electron chi connectivity index (χ1n) is 12.8. The second-order valence-electron chi connectivity index (χ2n) is 9.29. The van der Waals surface area contributed by atoms with E-state index >= 15 is 0 Å². The van der Waals surface area contributed by atoms with Gasteiger partial charge in [-0.1, -0.05) is 30.3 Å². The van der Waals surface area contributed by atoms with Gasteiger partial charge in [-0.05, 0) is 75.0 Å². The van der Waals surface area contributed by atoms with Crippen molar-refractivity contribution < 1.29 is 19.1 Å². The zero-order valence-corrected chi connectivity index (χ0v) is 20.7. The summed E-state index contributed by atoms with van der Waals surface area (Å²) in [6.07, 6.45) is 4.15. The summed E-state index contributed by atoms with van der Waals surface area (Å²) in [6.45, 7) is 6.52. The smallest absolute Gasteiger partial charge is 0.344 e. The minimum atomic E-state index is -0.384. The molecule has 0 spiro atoms. The summed E-state index contributed by atoms with van der Waals surface area (Å²) in [5.74, 6) is 1.13. The fraction of sp³-hybridized carbons (Fsp3) is 0.500. The molecule has 2 aliphatic rings. The number of nitrogens with one attached hydrogen (secondary N) is 1. The maximum Gasteiger partial charge on any atom is 0.344 e. The molecule has 188 valence electrons. The molecule has 0 radical (unpaired) electrons. The van der Waals surface area contributed by atoms with Crippen LogP contribution in [-0.2, 0) is 20.7 Å². The predicted octanol–water partition coefficient (Wildman–Crippen LogP) is 3.28. The van der Waals surface area contributed by atoms with Crippen molar-refractivity contribution >= 4 is 17.6 Å². The van der Waals surface area contributed by atoms with E-state index in [1.54, 1.807) is 6.92 Å². The molecule has 7 nitrogen and oxygen atoms in total. The van der Waals surface area contributed by atoms with Gasteiger partial charge in [0.25, 0.3) is 0 Å². The molecule has 1 unspecified atom stereocenters. The van der Waals surface area contributed by atoms with E-state index in [0.717, 1.165) is 50.4 Å². The van der Waals surface area contributed by atoms with E-state index in [-0.39, 0.29) is 24.5 Å². The van der Waals surface area contributed by atoms with Gasteiger partial charge in [-0.15, -0.1) is 0 Å². The number of carbonyl (C=O) groups excluding carboxylic acids is 2. The quantitative estimate of drug-likeness (QED) is 0.528. The monoisotopic (exact) mass is 479 g/mol. The molecule has 0 saturated carbocycles. The van der Waals surface area contributed by atoms with Crippen LogP contribution in [0, 0.1) is 5.92 Å². The molecule has 0 aliphatic carbocycles. The number of esters is 1. The summed E-state index contributed by atoms with van der Waals surface area (Å²) < 4.78 is 10.5. The van der Waals surface area contributed by atoms with Crippen LogP contribution < -0.4 is 15.0 Å². The number of rotatable bonds is 10. The summed E-state index contributed by atoms with van der Waals surface area (Å²) in [6, 6.07) is 17.6. The Kier molecular flexibility index (Phi) is 9.01. The molecule has 4 rings (SSSR count). The van der Waals surface area contributed by atoms with Gasteiger partial charge in [0.15, 0.2) is 6.61 Å². The number of anilines is 1. The Bertz CT molecular complexity index is 944. The number of ether oxygens (including phenoxy) is 2. The molecule has 1 amide bonds. The molecule has 0 bridgehead atoms. The first-order chi connectivity index (χ1) is 17.1. The van der Waals surface area contributed by atoms with E-state index in [0.29, 0.717) is 24.7 Å². The van der Waals surface area contributed by atoms with Gasteiger partial charge in [0.2, 0.25) is 5.91 Å². The summed E-state index contributed by atoms with van der Waals surface area (Å²) in [4.78, 5) is 29.5. The highest BCUT2D eigenvalue weighted by Crippen LogP contribution is 2.27. The van der Waals surface area contributed by atoms with Gasteiger partial charge in [-0.2, -0.15) is 0 Å². The van der Waals surface area contributed by atoms with E-state index < -0.39 is 0 Å². The minimum Gasteiger partial charge on any atom is -0.482 e. The highest BCUT2D eigenvalue weighted by molar-refractivity contribution is 5.87. The van der Waals surface area contributed by atoms with E-state index in [1.165, 1.54) is 12.8 Å². The van der Waals surface area contributed by atoms with Crippen molar-refractivity contribution in [1.82, 2.24) is 10.2 Å². The second-order valence-corrected chi connectivity index (χ2v) is 9.29. The predicted molar refractivity (Wildman–Crippen MR) is 137 cm³/mol. The van der Waals surface area contributed by atoms with Crippen molar-refractivity contribution in [2.75, 3.05) is 50.8 Å². The third kappa shape index (κ3) is 6.98. The van der Waals surface area contributed by atoms with Gasteiger partial charge in [-0.25, -0.2) is 4.79 Å².